The van der Waals surface area contributed by atoms with Crippen LogP contribution in [0, 0.1) is 12.8 Å². The number of benzene rings is 3. The first kappa shape index (κ1) is 29.7. The number of hydrogen-bond acceptors (Lipinski definition) is 8. The van der Waals surface area contributed by atoms with Gasteiger partial charge >= 0.3 is 11.9 Å². The highest BCUT2D eigenvalue weighted by atomic mass is 32.1. The lowest BCUT2D eigenvalue weighted by molar-refractivity contribution is -0.147. The molecule has 43 heavy (non-hydrogen) atoms. The van der Waals surface area contributed by atoms with Crippen LogP contribution in [0.2, 0.25) is 0 Å². The van der Waals surface area contributed by atoms with Crippen LogP contribution in [0.5, 0.6) is 17.2 Å². The van der Waals surface area contributed by atoms with Crippen LogP contribution in [-0.2, 0) is 14.3 Å². The Morgan fingerprint density at radius 2 is 1.67 bits per heavy atom. The molecule has 1 aliphatic rings. The number of amides is 1. The Hall–Kier alpha value is -4.76. The van der Waals surface area contributed by atoms with Crippen molar-refractivity contribution in [3.63, 3.8) is 0 Å². The third-order valence-corrected chi connectivity index (χ3v) is 7.93. The number of aryl methyl sites for hydroxylation is 1. The van der Waals surface area contributed by atoms with E-state index in [0.717, 1.165) is 16.9 Å². The van der Waals surface area contributed by atoms with Gasteiger partial charge < -0.3 is 19.1 Å². The zero-order chi connectivity index (χ0) is 30.5. The molecule has 1 atom stereocenters. The van der Waals surface area contributed by atoms with Crippen LogP contribution < -0.4 is 14.4 Å². The average molecular weight is 598 g/mol. The monoisotopic (exact) mass is 597 g/mol. The lowest BCUT2D eigenvalue weighted by Gasteiger charge is -2.18. The van der Waals surface area contributed by atoms with Crippen molar-refractivity contribution in [1.29, 1.82) is 0 Å². The summed E-state index contributed by atoms with van der Waals surface area (Å²) in [5.41, 5.74) is 3.17. The van der Waals surface area contributed by atoms with E-state index >= 15 is 0 Å². The van der Waals surface area contributed by atoms with Gasteiger partial charge in [0.25, 0.3) is 0 Å². The Morgan fingerprint density at radius 3 is 2.35 bits per heavy atom. The van der Waals surface area contributed by atoms with Crippen molar-refractivity contribution in [2.24, 2.45) is 5.92 Å². The molecular formula is C34H31NO7S. The van der Waals surface area contributed by atoms with Gasteiger partial charge in [0.05, 0.1) is 5.92 Å². The summed E-state index contributed by atoms with van der Waals surface area (Å²) in [5.74, 6) is -0.329. The van der Waals surface area contributed by atoms with Crippen molar-refractivity contribution in [3.05, 3.63) is 106 Å². The summed E-state index contributed by atoms with van der Waals surface area (Å²) in [7, 11) is 0. The number of carbonyl (C=O) groups is 4. The number of thiophene rings is 1. The molecule has 0 radical (unpaired) electrons. The summed E-state index contributed by atoms with van der Waals surface area (Å²) in [4.78, 5) is 52.2. The lowest BCUT2D eigenvalue weighted by atomic mass is 10.0. The molecular weight excluding hydrogens is 566 g/mol. The van der Waals surface area contributed by atoms with Gasteiger partial charge in [-0.3, -0.25) is 14.4 Å². The van der Waals surface area contributed by atoms with Gasteiger partial charge in [0.1, 0.15) is 22.1 Å². The summed E-state index contributed by atoms with van der Waals surface area (Å²) in [6.45, 7) is 5.94. The number of rotatable bonds is 10. The second kappa shape index (κ2) is 13.0. The summed E-state index contributed by atoms with van der Waals surface area (Å²) >= 11 is 1.27. The standard InChI is InChI=1S/C34H31NO7S/c1-21(2)28-15-6-22(3)17-30(28)41-26-13-9-25(10-14-26)35-19-24(18-32(35)37)33(38)40-20-29(36)23-7-11-27(12-8-23)42-34(39)31-5-4-16-43-31/h4-17,21,24H,18-20H2,1-3H3/t24-/m0/s1. The zero-order valence-electron chi connectivity index (χ0n) is 24.1. The molecule has 8 nitrogen and oxygen atoms in total. The number of ketones is 1. The quantitative estimate of drug-likeness (QED) is 0.111. The van der Waals surface area contributed by atoms with E-state index in [1.54, 1.807) is 46.7 Å². The topological polar surface area (TPSA) is 99.2 Å². The molecule has 1 amide bonds. The van der Waals surface area contributed by atoms with Gasteiger partial charge in [-0.15, -0.1) is 11.3 Å². The second-order valence-corrected chi connectivity index (χ2v) is 11.6. The number of anilines is 1. The number of nitrogens with zero attached hydrogens (tertiary/aromatic N) is 1. The Kier molecular flexibility index (Phi) is 9.01. The van der Waals surface area contributed by atoms with Gasteiger partial charge in [0, 0.05) is 24.2 Å². The molecule has 4 aromatic rings. The van der Waals surface area contributed by atoms with Crippen LogP contribution in [0.4, 0.5) is 5.69 Å². The molecule has 220 valence electrons. The minimum atomic E-state index is -0.684. The van der Waals surface area contributed by atoms with Crippen molar-refractivity contribution in [2.45, 2.75) is 33.1 Å². The fraction of sp³-hybridized carbons (Fsp3) is 0.235. The highest BCUT2D eigenvalue weighted by Crippen LogP contribution is 2.33. The van der Waals surface area contributed by atoms with Crippen LogP contribution in [0.15, 0.2) is 84.2 Å². The van der Waals surface area contributed by atoms with E-state index < -0.39 is 30.2 Å². The van der Waals surface area contributed by atoms with Crippen LogP contribution in [0.25, 0.3) is 0 Å². The summed E-state index contributed by atoms with van der Waals surface area (Å²) in [5, 5.41) is 1.78. The number of hydrogen-bond donors (Lipinski definition) is 0. The van der Waals surface area contributed by atoms with Crippen LogP contribution >= 0.6 is 11.3 Å². The van der Waals surface area contributed by atoms with Crippen molar-refractivity contribution in [1.82, 2.24) is 0 Å². The van der Waals surface area contributed by atoms with Crippen LogP contribution in [0.1, 0.15) is 57.3 Å². The fourth-order valence-corrected chi connectivity index (χ4v) is 5.34. The SMILES string of the molecule is Cc1ccc(C(C)C)c(Oc2ccc(N3C[C@@H](C(=O)OCC(=O)c4ccc(OC(=O)c5cccs5)cc4)CC3=O)cc2)c1. The zero-order valence-corrected chi connectivity index (χ0v) is 24.9. The lowest BCUT2D eigenvalue weighted by Crippen LogP contribution is -2.27. The molecule has 0 N–H and O–H groups in total. The predicted octanol–water partition coefficient (Wildman–Crippen LogP) is 6.97. The van der Waals surface area contributed by atoms with Crippen molar-refractivity contribution in [2.75, 3.05) is 18.1 Å². The van der Waals surface area contributed by atoms with Crippen LogP contribution in [0.3, 0.4) is 0 Å². The Balaban J connectivity index is 1.13. The van der Waals surface area contributed by atoms with E-state index in [1.807, 2.05) is 13.0 Å². The Morgan fingerprint density at radius 1 is 0.953 bits per heavy atom. The molecule has 1 aliphatic heterocycles. The minimum Gasteiger partial charge on any atom is -0.457 e. The van der Waals surface area contributed by atoms with Crippen LogP contribution in [-0.4, -0.2) is 36.8 Å². The van der Waals surface area contributed by atoms with Crippen molar-refractivity contribution < 1.29 is 33.4 Å². The van der Waals surface area contributed by atoms with Crippen molar-refractivity contribution in [3.8, 4) is 17.2 Å². The summed E-state index contributed by atoms with van der Waals surface area (Å²) in [6.07, 6.45) is -0.00335. The first-order chi connectivity index (χ1) is 20.7. The number of esters is 2. The van der Waals surface area contributed by atoms with Gasteiger partial charge in [-0.2, -0.15) is 0 Å². The van der Waals surface area contributed by atoms with E-state index in [1.165, 1.54) is 35.6 Å². The first-order valence-electron chi connectivity index (χ1n) is 13.9. The molecule has 1 saturated heterocycles. The molecule has 1 fully saturated rings. The van der Waals surface area contributed by atoms with Gasteiger partial charge in [-0.25, -0.2) is 4.79 Å². The maximum atomic E-state index is 12.8. The van der Waals surface area contributed by atoms with E-state index in [0.29, 0.717) is 33.5 Å². The minimum absolute atomic E-state index is 0.00335. The third kappa shape index (κ3) is 7.18. The van der Waals surface area contributed by atoms with Gasteiger partial charge in [-0.05, 0) is 90.0 Å². The Bertz CT molecular complexity index is 1630. The summed E-state index contributed by atoms with van der Waals surface area (Å²) in [6, 6.07) is 22.8. The number of carbonyl (C=O) groups excluding carboxylic acids is 4. The molecule has 0 spiro atoms. The number of ether oxygens (including phenoxy) is 3. The highest BCUT2D eigenvalue weighted by molar-refractivity contribution is 7.12. The van der Waals surface area contributed by atoms with E-state index in [2.05, 4.69) is 26.0 Å². The number of Topliss-reactive ketones (excluding diaryl/α,β-unsaturated/α-hetero) is 1. The Labute approximate surface area is 253 Å². The average Bonchev–Trinajstić information content (AvgIpc) is 3.67. The normalized spacial score (nSPS) is 14.6. The van der Waals surface area contributed by atoms with Gasteiger partial charge in [0.2, 0.25) is 5.91 Å². The molecule has 9 heteroatoms. The molecule has 0 bridgehead atoms. The first-order valence-corrected chi connectivity index (χ1v) is 14.8. The smallest absolute Gasteiger partial charge is 0.353 e. The van der Waals surface area contributed by atoms with Crippen molar-refractivity contribution >= 4 is 40.7 Å². The second-order valence-electron chi connectivity index (χ2n) is 10.6. The fourth-order valence-electron chi connectivity index (χ4n) is 4.74. The maximum Gasteiger partial charge on any atom is 0.353 e. The highest BCUT2D eigenvalue weighted by Gasteiger charge is 2.36. The third-order valence-electron chi connectivity index (χ3n) is 7.08. The molecule has 2 heterocycles. The molecule has 1 aromatic heterocycles. The summed E-state index contributed by atoms with van der Waals surface area (Å²) < 4.78 is 16.7. The van der Waals surface area contributed by atoms with E-state index in [9.17, 15) is 19.2 Å². The maximum absolute atomic E-state index is 12.8. The van der Waals surface area contributed by atoms with E-state index in [4.69, 9.17) is 14.2 Å². The van der Waals surface area contributed by atoms with Gasteiger partial charge in [-0.1, -0.05) is 32.0 Å². The van der Waals surface area contributed by atoms with Gasteiger partial charge in [0.15, 0.2) is 12.4 Å². The molecule has 3 aromatic carbocycles. The molecule has 0 saturated carbocycles. The molecule has 5 rings (SSSR count). The predicted molar refractivity (Wildman–Crippen MR) is 163 cm³/mol. The molecule has 0 aliphatic carbocycles. The molecule has 0 unspecified atom stereocenters. The van der Waals surface area contributed by atoms with E-state index in [-0.39, 0.29) is 18.9 Å². The largest absolute Gasteiger partial charge is 0.457 e.